The summed E-state index contributed by atoms with van der Waals surface area (Å²) in [6, 6.07) is 0. The SMILES string of the molecule is CC(C)(C)OC(=O)C1(C(F)(F)F)CC1CN. The summed E-state index contributed by atoms with van der Waals surface area (Å²) < 4.78 is 43.2. The Balaban J connectivity index is 2.87. The lowest BCUT2D eigenvalue weighted by Gasteiger charge is -2.25. The number of esters is 1. The highest BCUT2D eigenvalue weighted by molar-refractivity contribution is 5.82. The van der Waals surface area contributed by atoms with Crippen LogP contribution in [0.3, 0.4) is 0 Å². The van der Waals surface area contributed by atoms with Gasteiger partial charge in [-0.1, -0.05) is 0 Å². The number of hydrogen-bond donors (Lipinski definition) is 1. The third kappa shape index (κ3) is 2.16. The maximum Gasteiger partial charge on any atom is 0.405 e. The molecule has 94 valence electrons. The van der Waals surface area contributed by atoms with Crippen LogP contribution in [0.15, 0.2) is 0 Å². The van der Waals surface area contributed by atoms with E-state index in [4.69, 9.17) is 10.5 Å². The van der Waals surface area contributed by atoms with Gasteiger partial charge in [-0.15, -0.1) is 0 Å². The molecule has 2 N–H and O–H groups in total. The van der Waals surface area contributed by atoms with Crippen LogP contribution in [0.5, 0.6) is 0 Å². The predicted molar refractivity (Wildman–Crippen MR) is 51.5 cm³/mol. The molecule has 0 aromatic heterocycles. The normalized spacial score (nSPS) is 30.1. The first-order valence-corrected chi connectivity index (χ1v) is 5.05. The zero-order valence-electron chi connectivity index (χ0n) is 9.52. The third-order valence-corrected chi connectivity index (χ3v) is 2.66. The Morgan fingerprint density at radius 1 is 1.44 bits per heavy atom. The Morgan fingerprint density at radius 2 is 1.94 bits per heavy atom. The van der Waals surface area contributed by atoms with E-state index in [9.17, 15) is 18.0 Å². The topological polar surface area (TPSA) is 52.3 Å². The maximum absolute atomic E-state index is 12.8. The van der Waals surface area contributed by atoms with Crippen molar-refractivity contribution < 1.29 is 22.7 Å². The Morgan fingerprint density at radius 3 is 2.19 bits per heavy atom. The molecule has 0 amide bonds. The van der Waals surface area contributed by atoms with Gasteiger partial charge in [0, 0.05) is 0 Å². The number of ether oxygens (including phenoxy) is 1. The fraction of sp³-hybridized carbons (Fsp3) is 0.900. The average Bonchev–Trinajstić information content (AvgIpc) is 2.73. The number of carbonyl (C=O) groups excluding carboxylic acids is 1. The maximum atomic E-state index is 12.8. The molecule has 1 fully saturated rings. The number of rotatable bonds is 2. The fourth-order valence-electron chi connectivity index (χ4n) is 1.70. The first-order valence-electron chi connectivity index (χ1n) is 5.05. The van der Waals surface area contributed by atoms with Gasteiger partial charge in [-0.05, 0) is 39.7 Å². The summed E-state index contributed by atoms with van der Waals surface area (Å²) in [6.07, 6.45) is -4.85. The second-order valence-corrected chi connectivity index (χ2v) is 5.11. The number of hydrogen-bond acceptors (Lipinski definition) is 3. The van der Waals surface area contributed by atoms with Crippen molar-refractivity contribution in [2.75, 3.05) is 6.54 Å². The lowest BCUT2D eigenvalue weighted by Crippen LogP contribution is -2.40. The summed E-state index contributed by atoms with van der Waals surface area (Å²) in [5.74, 6) is -2.05. The first-order chi connectivity index (χ1) is 7.04. The highest BCUT2D eigenvalue weighted by atomic mass is 19.4. The standard InChI is InChI=1S/C10H16F3NO2/c1-8(2,3)16-7(15)9(10(11,12)13)4-6(9)5-14/h6H,4-5,14H2,1-3H3. The minimum atomic E-state index is -4.58. The first kappa shape index (κ1) is 13.3. The van der Waals surface area contributed by atoms with E-state index >= 15 is 0 Å². The lowest BCUT2D eigenvalue weighted by molar-refractivity contribution is -0.216. The van der Waals surface area contributed by atoms with Gasteiger partial charge in [0.05, 0.1) is 0 Å². The zero-order valence-corrected chi connectivity index (χ0v) is 9.52. The molecule has 16 heavy (non-hydrogen) atoms. The van der Waals surface area contributed by atoms with Crippen LogP contribution in [0, 0.1) is 11.3 Å². The van der Waals surface area contributed by atoms with E-state index in [1.165, 1.54) is 20.8 Å². The lowest BCUT2D eigenvalue weighted by atomic mass is 10.0. The van der Waals surface area contributed by atoms with Crippen molar-refractivity contribution >= 4 is 5.97 Å². The molecule has 0 aliphatic heterocycles. The van der Waals surface area contributed by atoms with E-state index in [0.29, 0.717) is 0 Å². The minimum Gasteiger partial charge on any atom is -0.459 e. The average molecular weight is 239 g/mol. The molecule has 1 aliphatic carbocycles. The molecule has 0 aromatic rings. The monoisotopic (exact) mass is 239 g/mol. The Kier molecular flexibility index (Phi) is 3.00. The van der Waals surface area contributed by atoms with E-state index in [1.807, 2.05) is 0 Å². The smallest absolute Gasteiger partial charge is 0.405 e. The molecule has 1 rings (SSSR count). The quantitative estimate of drug-likeness (QED) is 0.748. The van der Waals surface area contributed by atoms with Crippen molar-refractivity contribution in [1.29, 1.82) is 0 Å². The molecule has 1 saturated carbocycles. The molecule has 1 aliphatic rings. The van der Waals surface area contributed by atoms with Crippen LogP contribution in [0.2, 0.25) is 0 Å². The Labute approximate surface area is 92.1 Å². The number of alkyl halides is 3. The van der Waals surface area contributed by atoms with Gasteiger partial charge >= 0.3 is 12.1 Å². The van der Waals surface area contributed by atoms with Crippen molar-refractivity contribution in [2.45, 2.75) is 39.0 Å². The van der Waals surface area contributed by atoms with Crippen molar-refractivity contribution in [3.63, 3.8) is 0 Å². The molecule has 0 spiro atoms. The van der Waals surface area contributed by atoms with Gasteiger partial charge in [-0.3, -0.25) is 4.79 Å². The highest BCUT2D eigenvalue weighted by Gasteiger charge is 2.76. The van der Waals surface area contributed by atoms with E-state index in [0.717, 1.165) is 0 Å². The minimum absolute atomic E-state index is 0.154. The van der Waals surface area contributed by atoms with Gasteiger partial charge in [-0.2, -0.15) is 13.2 Å². The molecule has 0 radical (unpaired) electrons. The molecular formula is C10H16F3NO2. The van der Waals surface area contributed by atoms with E-state index in [2.05, 4.69) is 0 Å². The summed E-state index contributed by atoms with van der Waals surface area (Å²) in [6.45, 7) is 4.46. The molecule has 0 heterocycles. The number of carbonyl (C=O) groups is 1. The summed E-state index contributed by atoms with van der Waals surface area (Å²) in [5.41, 5.74) is 1.91. The van der Waals surface area contributed by atoms with Crippen LogP contribution < -0.4 is 5.73 Å². The molecular weight excluding hydrogens is 223 g/mol. The van der Waals surface area contributed by atoms with Crippen LogP contribution >= 0.6 is 0 Å². The molecule has 6 heteroatoms. The zero-order chi connectivity index (χ0) is 12.8. The summed E-state index contributed by atoms with van der Waals surface area (Å²) in [5, 5.41) is 0. The van der Waals surface area contributed by atoms with Crippen LogP contribution in [0.1, 0.15) is 27.2 Å². The molecule has 2 atom stereocenters. The highest BCUT2D eigenvalue weighted by Crippen LogP contribution is 2.62. The second kappa shape index (κ2) is 3.61. The molecule has 0 saturated heterocycles. The van der Waals surface area contributed by atoms with Gasteiger partial charge in [0.2, 0.25) is 0 Å². The predicted octanol–water partition coefficient (Wildman–Crippen LogP) is 1.86. The second-order valence-electron chi connectivity index (χ2n) is 5.11. The van der Waals surface area contributed by atoms with Crippen molar-refractivity contribution in [3.8, 4) is 0 Å². The third-order valence-electron chi connectivity index (χ3n) is 2.66. The largest absolute Gasteiger partial charge is 0.459 e. The van der Waals surface area contributed by atoms with Gasteiger partial charge in [-0.25, -0.2) is 0 Å². The van der Waals surface area contributed by atoms with E-state index < -0.39 is 29.1 Å². The van der Waals surface area contributed by atoms with Crippen LogP contribution in [0.4, 0.5) is 13.2 Å². The molecule has 0 aromatic carbocycles. The van der Waals surface area contributed by atoms with Gasteiger partial charge in [0.15, 0.2) is 5.41 Å². The van der Waals surface area contributed by atoms with E-state index in [-0.39, 0.29) is 13.0 Å². The Bertz CT molecular complexity index is 295. The number of halogens is 3. The Hall–Kier alpha value is -0.780. The molecule has 2 unspecified atom stereocenters. The van der Waals surface area contributed by atoms with Gasteiger partial charge in [0.1, 0.15) is 5.60 Å². The van der Waals surface area contributed by atoms with Gasteiger partial charge in [0.25, 0.3) is 0 Å². The van der Waals surface area contributed by atoms with Gasteiger partial charge < -0.3 is 10.5 Å². The summed E-state index contributed by atoms with van der Waals surface area (Å²) in [4.78, 5) is 11.6. The fourth-order valence-corrected chi connectivity index (χ4v) is 1.70. The number of nitrogens with two attached hydrogens (primary N) is 1. The van der Waals surface area contributed by atoms with Crippen molar-refractivity contribution in [1.82, 2.24) is 0 Å². The molecule has 0 bridgehead atoms. The summed E-state index contributed by atoms with van der Waals surface area (Å²) >= 11 is 0. The van der Waals surface area contributed by atoms with Crippen LogP contribution in [-0.2, 0) is 9.53 Å². The summed E-state index contributed by atoms with van der Waals surface area (Å²) in [7, 11) is 0. The van der Waals surface area contributed by atoms with Crippen LogP contribution in [0.25, 0.3) is 0 Å². The molecule has 3 nitrogen and oxygen atoms in total. The van der Waals surface area contributed by atoms with E-state index in [1.54, 1.807) is 0 Å². The van der Waals surface area contributed by atoms with Crippen LogP contribution in [-0.4, -0.2) is 24.3 Å². The van der Waals surface area contributed by atoms with Crippen molar-refractivity contribution in [3.05, 3.63) is 0 Å². The van der Waals surface area contributed by atoms with Crippen molar-refractivity contribution in [2.24, 2.45) is 17.1 Å².